The van der Waals surface area contributed by atoms with Crippen molar-refractivity contribution in [1.29, 1.82) is 0 Å². The van der Waals surface area contributed by atoms with Crippen LogP contribution in [0.5, 0.6) is 11.5 Å². The second kappa shape index (κ2) is 6.78. The highest BCUT2D eigenvalue weighted by atomic mass is 16.6. The number of rotatable bonds is 6. The molecule has 4 nitrogen and oxygen atoms in total. The van der Waals surface area contributed by atoms with Gasteiger partial charge in [-0.3, -0.25) is 0 Å². The lowest BCUT2D eigenvalue weighted by atomic mass is 10.0. The highest BCUT2D eigenvalue weighted by molar-refractivity contribution is 5.47. The van der Waals surface area contributed by atoms with Crippen molar-refractivity contribution in [2.45, 2.75) is 32.9 Å². The first-order valence-corrected chi connectivity index (χ1v) is 6.92. The van der Waals surface area contributed by atoms with Gasteiger partial charge in [0.2, 0.25) is 0 Å². The summed E-state index contributed by atoms with van der Waals surface area (Å²) in [7, 11) is 0. The number of benzene rings is 1. The molecule has 2 N–H and O–H groups in total. The van der Waals surface area contributed by atoms with E-state index in [0.717, 1.165) is 23.5 Å². The maximum absolute atomic E-state index is 9.37. The molecule has 0 aliphatic carbocycles. The van der Waals surface area contributed by atoms with Crippen LogP contribution in [0.25, 0.3) is 0 Å². The van der Waals surface area contributed by atoms with Crippen LogP contribution < -0.4 is 14.8 Å². The first kappa shape index (κ1) is 14.2. The minimum Gasteiger partial charge on any atom is -0.486 e. The van der Waals surface area contributed by atoms with Crippen LogP contribution in [0, 0.1) is 5.92 Å². The SMILES string of the molecule is CC(C)CC(CO)NCc1cccc2c1OCCO2. The van der Waals surface area contributed by atoms with E-state index < -0.39 is 0 Å². The normalized spacial score (nSPS) is 15.6. The van der Waals surface area contributed by atoms with E-state index in [-0.39, 0.29) is 12.6 Å². The first-order chi connectivity index (χ1) is 9.20. The molecule has 0 fully saturated rings. The Labute approximate surface area is 114 Å². The summed E-state index contributed by atoms with van der Waals surface area (Å²) in [6, 6.07) is 6.06. The fraction of sp³-hybridized carbons (Fsp3) is 0.600. The van der Waals surface area contributed by atoms with E-state index in [1.807, 2.05) is 18.2 Å². The van der Waals surface area contributed by atoms with Gasteiger partial charge in [0.15, 0.2) is 11.5 Å². The zero-order valence-electron chi connectivity index (χ0n) is 11.7. The van der Waals surface area contributed by atoms with Crippen molar-refractivity contribution in [2.24, 2.45) is 5.92 Å². The van der Waals surface area contributed by atoms with Crippen LogP contribution in [0.1, 0.15) is 25.8 Å². The molecule has 1 heterocycles. The van der Waals surface area contributed by atoms with E-state index in [1.165, 1.54) is 0 Å². The highest BCUT2D eigenvalue weighted by Crippen LogP contribution is 2.33. The van der Waals surface area contributed by atoms with Gasteiger partial charge in [-0.1, -0.05) is 26.0 Å². The van der Waals surface area contributed by atoms with Crippen molar-refractivity contribution in [3.63, 3.8) is 0 Å². The second-order valence-electron chi connectivity index (χ2n) is 5.33. The summed E-state index contributed by atoms with van der Waals surface area (Å²) in [5, 5.41) is 12.8. The Kier molecular flexibility index (Phi) is 5.05. The third-order valence-corrected chi connectivity index (χ3v) is 3.21. The summed E-state index contributed by atoms with van der Waals surface area (Å²) in [6.07, 6.45) is 0.961. The van der Waals surface area contributed by atoms with Gasteiger partial charge in [0.1, 0.15) is 13.2 Å². The van der Waals surface area contributed by atoms with E-state index in [4.69, 9.17) is 9.47 Å². The van der Waals surface area contributed by atoms with Gasteiger partial charge in [-0.25, -0.2) is 0 Å². The molecule has 1 unspecified atom stereocenters. The summed E-state index contributed by atoms with van der Waals surface area (Å²) in [4.78, 5) is 0. The molecule has 19 heavy (non-hydrogen) atoms. The van der Waals surface area contributed by atoms with E-state index in [9.17, 15) is 5.11 Å². The quantitative estimate of drug-likeness (QED) is 0.825. The Morgan fingerprint density at radius 1 is 1.26 bits per heavy atom. The van der Waals surface area contributed by atoms with E-state index in [0.29, 0.717) is 25.7 Å². The molecule has 2 rings (SSSR count). The molecule has 0 aromatic heterocycles. The number of ether oxygens (including phenoxy) is 2. The standard InChI is InChI=1S/C15H23NO3/c1-11(2)8-13(10-17)16-9-12-4-3-5-14-15(12)19-7-6-18-14/h3-5,11,13,16-17H,6-10H2,1-2H3. The number of para-hydroxylation sites is 1. The third kappa shape index (κ3) is 3.85. The smallest absolute Gasteiger partial charge is 0.165 e. The van der Waals surface area contributed by atoms with Gasteiger partial charge < -0.3 is 19.9 Å². The van der Waals surface area contributed by atoms with E-state index >= 15 is 0 Å². The molecule has 0 saturated carbocycles. The maximum atomic E-state index is 9.37. The van der Waals surface area contributed by atoms with Crippen LogP contribution in [0.2, 0.25) is 0 Å². The van der Waals surface area contributed by atoms with Crippen molar-refractivity contribution in [1.82, 2.24) is 5.32 Å². The molecular formula is C15H23NO3. The zero-order valence-corrected chi connectivity index (χ0v) is 11.7. The average molecular weight is 265 g/mol. The molecule has 1 aliphatic heterocycles. The number of hydrogen-bond acceptors (Lipinski definition) is 4. The molecule has 1 aromatic rings. The van der Waals surface area contributed by atoms with Crippen LogP contribution in [0.4, 0.5) is 0 Å². The molecule has 106 valence electrons. The van der Waals surface area contributed by atoms with Crippen LogP contribution in [0.3, 0.4) is 0 Å². The molecule has 1 atom stereocenters. The molecule has 1 aromatic carbocycles. The fourth-order valence-electron chi connectivity index (χ4n) is 2.32. The topological polar surface area (TPSA) is 50.7 Å². The van der Waals surface area contributed by atoms with Gasteiger partial charge in [0.05, 0.1) is 6.61 Å². The number of aliphatic hydroxyl groups excluding tert-OH is 1. The van der Waals surface area contributed by atoms with Crippen molar-refractivity contribution in [3.05, 3.63) is 23.8 Å². The van der Waals surface area contributed by atoms with Crippen molar-refractivity contribution < 1.29 is 14.6 Å². The molecule has 0 radical (unpaired) electrons. The predicted octanol–water partition coefficient (Wildman–Crippen LogP) is 1.95. The molecule has 1 aliphatic rings. The van der Waals surface area contributed by atoms with E-state index in [1.54, 1.807) is 0 Å². The minimum absolute atomic E-state index is 0.125. The summed E-state index contributed by atoms with van der Waals surface area (Å²) < 4.78 is 11.2. The lowest BCUT2D eigenvalue weighted by molar-refractivity contribution is 0.169. The third-order valence-electron chi connectivity index (χ3n) is 3.21. The van der Waals surface area contributed by atoms with Gasteiger partial charge in [-0.05, 0) is 18.4 Å². The summed E-state index contributed by atoms with van der Waals surface area (Å²) >= 11 is 0. The Morgan fingerprint density at radius 3 is 2.79 bits per heavy atom. The van der Waals surface area contributed by atoms with Gasteiger partial charge >= 0.3 is 0 Å². The van der Waals surface area contributed by atoms with Crippen LogP contribution in [0.15, 0.2) is 18.2 Å². The Balaban J connectivity index is 1.99. The first-order valence-electron chi connectivity index (χ1n) is 6.92. The minimum atomic E-state index is 0.125. The van der Waals surface area contributed by atoms with Gasteiger partial charge in [0, 0.05) is 18.2 Å². The van der Waals surface area contributed by atoms with Crippen LogP contribution in [-0.4, -0.2) is 31.0 Å². The summed E-state index contributed by atoms with van der Waals surface area (Å²) in [6.45, 7) is 6.36. The average Bonchev–Trinajstić information content (AvgIpc) is 2.43. The highest BCUT2D eigenvalue weighted by Gasteiger charge is 2.16. The second-order valence-corrected chi connectivity index (χ2v) is 5.33. The monoisotopic (exact) mass is 265 g/mol. The number of nitrogens with one attached hydrogen (secondary N) is 1. The molecule has 0 saturated heterocycles. The van der Waals surface area contributed by atoms with Gasteiger partial charge in [0.25, 0.3) is 0 Å². The molecule has 0 amide bonds. The summed E-state index contributed by atoms with van der Waals surface area (Å²) in [5.74, 6) is 2.21. The molecule has 0 bridgehead atoms. The van der Waals surface area contributed by atoms with Crippen molar-refractivity contribution in [3.8, 4) is 11.5 Å². The fourth-order valence-corrected chi connectivity index (χ4v) is 2.32. The van der Waals surface area contributed by atoms with Crippen molar-refractivity contribution >= 4 is 0 Å². The lowest BCUT2D eigenvalue weighted by Gasteiger charge is -2.23. The lowest BCUT2D eigenvalue weighted by Crippen LogP contribution is -2.33. The van der Waals surface area contributed by atoms with Crippen LogP contribution >= 0.6 is 0 Å². The molecular weight excluding hydrogens is 242 g/mol. The zero-order chi connectivity index (χ0) is 13.7. The Bertz CT molecular complexity index is 406. The molecule has 0 spiro atoms. The Hall–Kier alpha value is -1.26. The Morgan fingerprint density at radius 2 is 2.05 bits per heavy atom. The predicted molar refractivity (Wildman–Crippen MR) is 74.6 cm³/mol. The maximum Gasteiger partial charge on any atom is 0.165 e. The van der Waals surface area contributed by atoms with Gasteiger partial charge in [-0.2, -0.15) is 0 Å². The van der Waals surface area contributed by atoms with Crippen LogP contribution in [-0.2, 0) is 6.54 Å². The number of fused-ring (bicyclic) bond motifs is 1. The van der Waals surface area contributed by atoms with Crippen molar-refractivity contribution in [2.75, 3.05) is 19.8 Å². The number of hydrogen-bond donors (Lipinski definition) is 2. The molecule has 4 heteroatoms. The largest absolute Gasteiger partial charge is 0.486 e. The number of aliphatic hydroxyl groups is 1. The van der Waals surface area contributed by atoms with Gasteiger partial charge in [-0.15, -0.1) is 0 Å². The van der Waals surface area contributed by atoms with E-state index in [2.05, 4.69) is 19.2 Å². The summed E-state index contributed by atoms with van der Waals surface area (Å²) in [5.41, 5.74) is 1.08.